The molecule has 0 aromatic carbocycles. The lowest BCUT2D eigenvalue weighted by Gasteiger charge is -2.00. The fraction of sp³-hybridized carbons (Fsp3) is 0.667. The number of terminal acetylenes is 1. The first-order valence-electron chi connectivity index (χ1n) is 2.55. The van der Waals surface area contributed by atoms with Gasteiger partial charge in [-0.25, -0.2) is 0 Å². The SMILES string of the molecule is C#CCCC(C)SS. The summed E-state index contributed by atoms with van der Waals surface area (Å²) in [6.07, 6.45) is 6.99. The fourth-order valence-corrected chi connectivity index (χ4v) is 0.879. The summed E-state index contributed by atoms with van der Waals surface area (Å²) >= 11 is 4.04. The van der Waals surface area contributed by atoms with Crippen molar-refractivity contribution in [3.8, 4) is 12.3 Å². The van der Waals surface area contributed by atoms with Crippen molar-refractivity contribution in [3.05, 3.63) is 0 Å². The smallest absolute Gasteiger partial charge is 0.0129 e. The molecule has 0 aromatic heterocycles. The van der Waals surface area contributed by atoms with Crippen molar-refractivity contribution in [1.29, 1.82) is 0 Å². The Bertz CT molecular complexity index is 83.0. The first kappa shape index (κ1) is 8.26. The average Bonchev–Trinajstić information content (AvgIpc) is 1.83. The summed E-state index contributed by atoms with van der Waals surface area (Å²) in [6.45, 7) is 2.12. The van der Waals surface area contributed by atoms with Crippen molar-refractivity contribution in [3.63, 3.8) is 0 Å². The molecular formula is C6H10S2. The molecule has 0 aliphatic rings. The molecule has 0 nitrogen and oxygen atoms in total. The van der Waals surface area contributed by atoms with Crippen molar-refractivity contribution in [2.45, 2.75) is 25.0 Å². The summed E-state index contributed by atoms with van der Waals surface area (Å²) in [6, 6.07) is 0. The van der Waals surface area contributed by atoms with Crippen LogP contribution >= 0.6 is 22.5 Å². The molecular weight excluding hydrogens is 136 g/mol. The van der Waals surface area contributed by atoms with E-state index in [-0.39, 0.29) is 0 Å². The van der Waals surface area contributed by atoms with Gasteiger partial charge in [-0.05, 0) is 6.42 Å². The van der Waals surface area contributed by atoms with E-state index in [1.807, 2.05) is 0 Å². The Balaban J connectivity index is 3.01. The first-order valence-corrected chi connectivity index (χ1v) is 4.48. The van der Waals surface area contributed by atoms with Gasteiger partial charge in [0, 0.05) is 11.7 Å². The van der Waals surface area contributed by atoms with Crippen LogP contribution in [-0.4, -0.2) is 5.25 Å². The molecule has 0 aromatic rings. The van der Waals surface area contributed by atoms with Crippen LogP contribution in [0.3, 0.4) is 0 Å². The summed E-state index contributed by atoms with van der Waals surface area (Å²) in [5.74, 6) is 2.59. The lowest BCUT2D eigenvalue weighted by atomic mass is 10.3. The number of thiol groups is 1. The third kappa shape index (κ3) is 4.42. The highest BCUT2D eigenvalue weighted by Crippen LogP contribution is 2.17. The minimum Gasteiger partial charge on any atom is -0.120 e. The summed E-state index contributed by atoms with van der Waals surface area (Å²) < 4.78 is 0. The fourth-order valence-electron chi connectivity index (χ4n) is 0.339. The average molecular weight is 146 g/mol. The molecule has 0 rings (SSSR count). The second kappa shape index (κ2) is 5.40. The van der Waals surface area contributed by atoms with Crippen molar-refractivity contribution in [2.24, 2.45) is 0 Å². The second-order valence-corrected chi connectivity index (χ2v) is 3.31. The zero-order chi connectivity index (χ0) is 6.41. The highest BCUT2D eigenvalue weighted by molar-refractivity contribution is 8.68. The third-order valence-electron chi connectivity index (χ3n) is 0.875. The zero-order valence-corrected chi connectivity index (χ0v) is 6.64. The topological polar surface area (TPSA) is 0 Å². The van der Waals surface area contributed by atoms with E-state index in [1.165, 1.54) is 0 Å². The largest absolute Gasteiger partial charge is 0.120 e. The Labute approximate surface area is 60.2 Å². The van der Waals surface area contributed by atoms with Gasteiger partial charge in [-0.2, -0.15) is 0 Å². The molecule has 1 atom stereocenters. The monoisotopic (exact) mass is 146 g/mol. The van der Waals surface area contributed by atoms with Gasteiger partial charge in [0.1, 0.15) is 0 Å². The molecule has 0 fully saturated rings. The lowest BCUT2D eigenvalue weighted by Crippen LogP contribution is -1.90. The van der Waals surface area contributed by atoms with Crippen LogP contribution in [0.25, 0.3) is 0 Å². The van der Waals surface area contributed by atoms with Crippen LogP contribution in [0.2, 0.25) is 0 Å². The number of hydrogen-bond donors (Lipinski definition) is 1. The molecule has 0 aliphatic heterocycles. The minimum atomic E-state index is 0.592. The Morgan fingerprint density at radius 2 is 2.50 bits per heavy atom. The van der Waals surface area contributed by atoms with Crippen LogP contribution < -0.4 is 0 Å². The first-order chi connectivity index (χ1) is 3.81. The molecule has 0 saturated carbocycles. The lowest BCUT2D eigenvalue weighted by molar-refractivity contribution is 0.851. The van der Waals surface area contributed by atoms with Gasteiger partial charge >= 0.3 is 0 Å². The van der Waals surface area contributed by atoms with Crippen LogP contribution in [0.15, 0.2) is 0 Å². The molecule has 1 unspecified atom stereocenters. The molecule has 0 N–H and O–H groups in total. The Kier molecular flexibility index (Phi) is 5.57. The maximum absolute atomic E-state index is 5.05. The van der Waals surface area contributed by atoms with Crippen LogP contribution in [0, 0.1) is 12.3 Å². The predicted octanol–water partition coefficient (Wildman–Crippen LogP) is 2.37. The molecule has 0 amide bonds. The summed E-state index contributed by atoms with van der Waals surface area (Å²) in [5.41, 5.74) is 0. The van der Waals surface area contributed by atoms with Gasteiger partial charge in [-0.15, -0.1) is 24.0 Å². The minimum absolute atomic E-state index is 0.592. The molecule has 0 bridgehead atoms. The van der Waals surface area contributed by atoms with Crippen LogP contribution in [0.5, 0.6) is 0 Å². The molecule has 46 valence electrons. The van der Waals surface area contributed by atoms with Crippen LogP contribution in [-0.2, 0) is 0 Å². The van der Waals surface area contributed by atoms with Gasteiger partial charge in [-0.3, -0.25) is 0 Å². The highest BCUT2D eigenvalue weighted by Gasteiger charge is 1.95. The quantitative estimate of drug-likeness (QED) is 0.362. The molecule has 0 aliphatic carbocycles. The maximum atomic E-state index is 5.05. The second-order valence-electron chi connectivity index (χ2n) is 1.66. The van der Waals surface area contributed by atoms with Gasteiger partial charge < -0.3 is 0 Å². The summed E-state index contributed by atoms with van der Waals surface area (Å²) in [4.78, 5) is 0. The van der Waals surface area contributed by atoms with Gasteiger partial charge in [-0.1, -0.05) is 17.7 Å². The standard InChI is InChI=1S/C6H10S2/c1-3-4-5-6(2)8-7/h1,6-7H,4-5H2,2H3. The van der Waals surface area contributed by atoms with Crippen molar-refractivity contribution < 1.29 is 0 Å². The summed E-state index contributed by atoms with van der Waals surface area (Å²) in [5, 5.41) is 0.592. The maximum Gasteiger partial charge on any atom is 0.0129 e. The van der Waals surface area contributed by atoms with Crippen molar-refractivity contribution >= 4 is 22.5 Å². The van der Waals surface area contributed by atoms with Crippen LogP contribution in [0.1, 0.15) is 19.8 Å². The Morgan fingerprint density at radius 1 is 1.88 bits per heavy atom. The van der Waals surface area contributed by atoms with E-state index in [4.69, 9.17) is 6.42 Å². The molecule has 0 spiro atoms. The van der Waals surface area contributed by atoms with Crippen LogP contribution in [0.4, 0.5) is 0 Å². The summed E-state index contributed by atoms with van der Waals surface area (Å²) in [7, 11) is 1.56. The zero-order valence-electron chi connectivity index (χ0n) is 4.92. The van der Waals surface area contributed by atoms with E-state index < -0.39 is 0 Å². The molecule has 2 heteroatoms. The molecule has 8 heavy (non-hydrogen) atoms. The molecule has 0 saturated heterocycles. The van der Waals surface area contributed by atoms with Gasteiger partial charge in [0.05, 0.1) is 0 Å². The third-order valence-corrected chi connectivity index (χ3v) is 2.55. The van der Waals surface area contributed by atoms with E-state index in [0.29, 0.717) is 5.25 Å². The molecule has 0 radical (unpaired) electrons. The van der Waals surface area contributed by atoms with Gasteiger partial charge in [0.25, 0.3) is 0 Å². The van der Waals surface area contributed by atoms with E-state index in [1.54, 1.807) is 10.8 Å². The van der Waals surface area contributed by atoms with E-state index in [2.05, 4.69) is 24.5 Å². The number of hydrogen-bond acceptors (Lipinski definition) is 2. The Hall–Kier alpha value is 0.260. The van der Waals surface area contributed by atoms with Gasteiger partial charge in [0.2, 0.25) is 0 Å². The van der Waals surface area contributed by atoms with Gasteiger partial charge in [0.15, 0.2) is 0 Å². The molecule has 0 heterocycles. The number of rotatable bonds is 3. The Morgan fingerprint density at radius 3 is 2.88 bits per heavy atom. The van der Waals surface area contributed by atoms with Crippen molar-refractivity contribution in [1.82, 2.24) is 0 Å². The van der Waals surface area contributed by atoms with E-state index in [9.17, 15) is 0 Å². The normalized spacial score (nSPS) is 12.6. The van der Waals surface area contributed by atoms with E-state index in [0.717, 1.165) is 12.8 Å². The highest BCUT2D eigenvalue weighted by atomic mass is 33.1. The predicted molar refractivity (Wildman–Crippen MR) is 44.1 cm³/mol. The van der Waals surface area contributed by atoms with E-state index >= 15 is 0 Å². The van der Waals surface area contributed by atoms with Crippen molar-refractivity contribution in [2.75, 3.05) is 0 Å².